The minimum atomic E-state index is -3.81. The number of ketones is 1. The lowest BCUT2D eigenvalue weighted by Crippen LogP contribution is -2.19. The number of hydrogen-bond acceptors (Lipinski definition) is 5. The molecule has 4 rings (SSSR count). The van der Waals surface area contributed by atoms with Crippen molar-refractivity contribution in [3.05, 3.63) is 77.0 Å². The highest BCUT2D eigenvalue weighted by atomic mass is 32.2. The van der Waals surface area contributed by atoms with Crippen LogP contribution in [0.1, 0.15) is 34.8 Å². The number of Topliss-reactive ketones (excluding diaryl/α,β-unsaturated/α-hetero) is 1. The van der Waals surface area contributed by atoms with Crippen LogP contribution in [0.15, 0.2) is 48.7 Å². The van der Waals surface area contributed by atoms with Crippen LogP contribution in [0.2, 0.25) is 0 Å². The standard InChI is InChI=1S/C24H22F2N4O3S/c1-3-10-34(32,33)30-18-9-8-17(25)21(22(18)26)20(31)12-15-11-19-24(27-13-15)29-23(28-19)16-6-4-14(2)5-7-16/h4-9,11,13,30H,3,10,12H2,1-2H3,(H,27,28,29). The molecule has 0 spiro atoms. The van der Waals surface area contributed by atoms with Crippen molar-refractivity contribution in [3.8, 4) is 11.4 Å². The van der Waals surface area contributed by atoms with Gasteiger partial charge in [0.05, 0.1) is 22.5 Å². The Bertz CT molecular complexity index is 1480. The molecule has 7 nitrogen and oxygen atoms in total. The zero-order valence-electron chi connectivity index (χ0n) is 18.5. The van der Waals surface area contributed by atoms with Crippen LogP contribution in [0.25, 0.3) is 22.6 Å². The smallest absolute Gasteiger partial charge is 0.232 e. The third kappa shape index (κ3) is 4.96. The normalized spacial score (nSPS) is 11.6. The van der Waals surface area contributed by atoms with Crippen molar-refractivity contribution in [1.82, 2.24) is 15.0 Å². The molecule has 10 heteroatoms. The van der Waals surface area contributed by atoms with Crippen molar-refractivity contribution < 1.29 is 22.0 Å². The highest BCUT2D eigenvalue weighted by Gasteiger charge is 2.23. The summed E-state index contributed by atoms with van der Waals surface area (Å²) in [5.41, 5.74) is 2.14. The Kier molecular flexibility index (Phi) is 6.43. The summed E-state index contributed by atoms with van der Waals surface area (Å²) in [6, 6.07) is 11.2. The summed E-state index contributed by atoms with van der Waals surface area (Å²) in [5.74, 6) is -2.78. The zero-order valence-corrected chi connectivity index (χ0v) is 19.3. The van der Waals surface area contributed by atoms with E-state index in [0.29, 0.717) is 29.0 Å². The number of fused-ring (bicyclic) bond motifs is 1. The average molecular weight is 485 g/mol. The lowest BCUT2D eigenvalue weighted by molar-refractivity contribution is 0.0985. The van der Waals surface area contributed by atoms with Gasteiger partial charge in [-0.15, -0.1) is 0 Å². The third-order valence-electron chi connectivity index (χ3n) is 5.19. The fraction of sp³-hybridized carbons (Fsp3) is 0.208. The van der Waals surface area contributed by atoms with E-state index in [9.17, 15) is 22.0 Å². The van der Waals surface area contributed by atoms with Gasteiger partial charge in [-0.1, -0.05) is 36.8 Å². The number of sulfonamides is 1. The van der Waals surface area contributed by atoms with Crippen molar-refractivity contribution in [2.45, 2.75) is 26.7 Å². The number of carbonyl (C=O) groups excluding carboxylic acids is 1. The lowest BCUT2D eigenvalue weighted by atomic mass is 10.0. The summed E-state index contributed by atoms with van der Waals surface area (Å²) in [7, 11) is -3.81. The number of pyridine rings is 1. The molecular weight excluding hydrogens is 462 g/mol. The Morgan fingerprint density at radius 1 is 1.12 bits per heavy atom. The molecule has 2 aromatic carbocycles. The van der Waals surface area contributed by atoms with Crippen molar-refractivity contribution in [3.63, 3.8) is 0 Å². The number of aromatic nitrogens is 3. The van der Waals surface area contributed by atoms with Gasteiger partial charge in [-0.05, 0) is 37.1 Å². The van der Waals surface area contributed by atoms with Crippen LogP contribution >= 0.6 is 0 Å². The Hall–Kier alpha value is -3.66. The number of H-pyrrole nitrogens is 1. The summed E-state index contributed by atoms with van der Waals surface area (Å²) in [6.45, 7) is 3.64. The minimum absolute atomic E-state index is 0.229. The number of imidazole rings is 1. The first-order valence-electron chi connectivity index (χ1n) is 10.6. The maximum atomic E-state index is 14.9. The monoisotopic (exact) mass is 484 g/mol. The molecule has 0 amide bonds. The van der Waals surface area contributed by atoms with Gasteiger partial charge in [-0.25, -0.2) is 27.2 Å². The van der Waals surface area contributed by atoms with E-state index in [0.717, 1.165) is 23.3 Å². The number of aryl methyl sites for hydroxylation is 1. The number of anilines is 1. The van der Waals surface area contributed by atoms with Gasteiger partial charge in [0.1, 0.15) is 11.6 Å². The predicted octanol–water partition coefficient (Wildman–Crippen LogP) is 4.79. The maximum absolute atomic E-state index is 14.9. The molecule has 0 aliphatic carbocycles. The van der Waals surface area contributed by atoms with Crippen molar-refractivity contribution in [2.75, 3.05) is 10.5 Å². The van der Waals surface area contributed by atoms with Crippen LogP contribution in [0.4, 0.5) is 14.5 Å². The van der Waals surface area contributed by atoms with Crippen LogP contribution in [0.5, 0.6) is 0 Å². The number of aromatic amines is 1. The zero-order chi connectivity index (χ0) is 24.5. The first-order valence-corrected chi connectivity index (χ1v) is 12.3. The van der Waals surface area contributed by atoms with E-state index < -0.39 is 38.7 Å². The number of rotatable bonds is 8. The number of hydrogen-bond donors (Lipinski definition) is 2. The summed E-state index contributed by atoms with van der Waals surface area (Å²) in [5, 5.41) is 0. The van der Waals surface area contributed by atoms with E-state index in [4.69, 9.17) is 0 Å². The van der Waals surface area contributed by atoms with Crippen molar-refractivity contribution >= 4 is 32.7 Å². The van der Waals surface area contributed by atoms with Gasteiger partial charge in [0.25, 0.3) is 0 Å². The number of nitrogens with zero attached hydrogens (tertiary/aromatic N) is 2. The van der Waals surface area contributed by atoms with E-state index in [1.54, 1.807) is 13.0 Å². The molecule has 0 aliphatic rings. The SMILES string of the molecule is CCCS(=O)(=O)Nc1ccc(F)c(C(=O)Cc2cnc3nc(-c4ccc(C)cc4)[nH]c3c2)c1F. The van der Waals surface area contributed by atoms with Crippen LogP contribution < -0.4 is 4.72 Å². The second-order valence-electron chi connectivity index (χ2n) is 7.97. The highest BCUT2D eigenvalue weighted by Crippen LogP contribution is 2.25. The molecule has 2 aromatic heterocycles. The molecule has 0 unspecified atom stereocenters. The fourth-order valence-electron chi connectivity index (χ4n) is 3.54. The minimum Gasteiger partial charge on any atom is -0.337 e. The number of halogens is 2. The number of carbonyl (C=O) groups is 1. The first kappa shape index (κ1) is 23.5. The third-order valence-corrected chi connectivity index (χ3v) is 6.67. The summed E-state index contributed by atoms with van der Waals surface area (Å²) in [4.78, 5) is 24.6. The molecule has 2 heterocycles. The quantitative estimate of drug-likeness (QED) is 0.350. The Labute approximate surface area is 195 Å². The molecule has 0 saturated heterocycles. The van der Waals surface area contributed by atoms with Gasteiger partial charge >= 0.3 is 0 Å². The molecule has 0 saturated carbocycles. The Balaban J connectivity index is 1.60. The van der Waals surface area contributed by atoms with Gasteiger partial charge in [0, 0.05) is 18.2 Å². The summed E-state index contributed by atoms with van der Waals surface area (Å²) in [6.07, 6.45) is 1.41. The van der Waals surface area contributed by atoms with E-state index >= 15 is 0 Å². The second kappa shape index (κ2) is 9.30. The largest absolute Gasteiger partial charge is 0.337 e. The molecule has 0 radical (unpaired) electrons. The summed E-state index contributed by atoms with van der Waals surface area (Å²) < 4.78 is 55.3. The Morgan fingerprint density at radius 3 is 2.56 bits per heavy atom. The van der Waals surface area contributed by atoms with Gasteiger partial charge in [0.2, 0.25) is 10.0 Å². The van der Waals surface area contributed by atoms with E-state index in [2.05, 4.69) is 19.7 Å². The fourth-order valence-corrected chi connectivity index (χ4v) is 4.67. The molecule has 34 heavy (non-hydrogen) atoms. The summed E-state index contributed by atoms with van der Waals surface area (Å²) >= 11 is 0. The van der Waals surface area contributed by atoms with Gasteiger partial charge in [-0.3, -0.25) is 9.52 Å². The molecular formula is C24H22F2N4O3S. The topological polar surface area (TPSA) is 105 Å². The first-order chi connectivity index (χ1) is 16.2. The van der Waals surface area contributed by atoms with Crippen LogP contribution in [0.3, 0.4) is 0 Å². The highest BCUT2D eigenvalue weighted by molar-refractivity contribution is 7.92. The van der Waals surface area contributed by atoms with Crippen LogP contribution in [-0.2, 0) is 16.4 Å². The van der Waals surface area contributed by atoms with Gasteiger partial charge in [0.15, 0.2) is 17.2 Å². The number of nitrogens with one attached hydrogen (secondary N) is 2. The molecule has 0 atom stereocenters. The molecule has 4 aromatic rings. The van der Waals surface area contributed by atoms with E-state index in [1.807, 2.05) is 31.2 Å². The molecule has 0 fully saturated rings. The van der Waals surface area contributed by atoms with Crippen LogP contribution in [-0.4, -0.2) is 34.9 Å². The lowest BCUT2D eigenvalue weighted by Gasteiger charge is -2.11. The molecule has 176 valence electrons. The molecule has 2 N–H and O–H groups in total. The van der Waals surface area contributed by atoms with Gasteiger partial charge in [-0.2, -0.15) is 0 Å². The molecule has 0 aliphatic heterocycles. The van der Waals surface area contributed by atoms with Crippen molar-refractivity contribution in [1.29, 1.82) is 0 Å². The Morgan fingerprint density at radius 2 is 1.85 bits per heavy atom. The van der Waals surface area contributed by atoms with E-state index in [-0.39, 0.29) is 12.2 Å². The maximum Gasteiger partial charge on any atom is 0.232 e. The van der Waals surface area contributed by atoms with Gasteiger partial charge < -0.3 is 4.98 Å². The van der Waals surface area contributed by atoms with E-state index in [1.165, 1.54) is 6.20 Å². The number of benzene rings is 2. The van der Waals surface area contributed by atoms with Crippen LogP contribution in [0, 0.1) is 18.6 Å². The average Bonchev–Trinajstić information content (AvgIpc) is 3.19. The predicted molar refractivity (Wildman–Crippen MR) is 126 cm³/mol. The van der Waals surface area contributed by atoms with Crippen molar-refractivity contribution in [2.24, 2.45) is 0 Å². The molecule has 0 bridgehead atoms. The second-order valence-corrected chi connectivity index (χ2v) is 9.81.